The van der Waals surface area contributed by atoms with E-state index >= 15 is 0 Å². The van der Waals surface area contributed by atoms with Crippen LogP contribution in [-0.4, -0.2) is 27.7 Å². The molecule has 2 heterocycles. The van der Waals surface area contributed by atoms with E-state index in [2.05, 4.69) is 42.9 Å². The monoisotopic (exact) mass is 389 g/mol. The van der Waals surface area contributed by atoms with Gasteiger partial charge in [0, 0.05) is 15.9 Å². The molecule has 3 rings (SSSR count). The van der Waals surface area contributed by atoms with Gasteiger partial charge in [0.1, 0.15) is 6.04 Å². The number of azo groups is 1. The summed E-state index contributed by atoms with van der Waals surface area (Å²) in [7, 11) is 0. The van der Waals surface area contributed by atoms with Crippen LogP contribution < -0.4 is 10.9 Å². The molecule has 24 heavy (non-hydrogen) atoms. The molecule has 8 heteroatoms. The zero-order chi connectivity index (χ0) is 17.3. The van der Waals surface area contributed by atoms with E-state index in [1.54, 1.807) is 10.6 Å². The highest BCUT2D eigenvalue weighted by Gasteiger charge is 2.27. The van der Waals surface area contributed by atoms with Crippen LogP contribution in [0.1, 0.15) is 13.3 Å². The number of carbonyl (C=O) groups excluding carboxylic acids is 1. The van der Waals surface area contributed by atoms with E-state index in [0.29, 0.717) is 11.8 Å². The van der Waals surface area contributed by atoms with Gasteiger partial charge in [0.05, 0.1) is 12.1 Å². The summed E-state index contributed by atoms with van der Waals surface area (Å²) in [5.41, 5.74) is 6.79. The molecule has 1 saturated heterocycles. The minimum atomic E-state index is -0.420. The van der Waals surface area contributed by atoms with Crippen molar-refractivity contribution >= 4 is 38.4 Å². The number of fused-ring (bicyclic) bond motifs is 1. The van der Waals surface area contributed by atoms with Gasteiger partial charge in [-0.2, -0.15) is 0 Å². The van der Waals surface area contributed by atoms with Crippen molar-refractivity contribution in [3.8, 4) is 18.2 Å². The van der Waals surface area contributed by atoms with E-state index in [0.717, 1.165) is 9.99 Å². The van der Waals surface area contributed by atoms with Gasteiger partial charge in [-0.25, -0.2) is 5.43 Å². The lowest BCUT2D eigenvalue weighted by Gasteiger charge is -2.02. The quantitative estimate of drug-likeness (QED) is 0.555. The number of halogens is 1. The summed E-state index contributed by atoms with van der Waals surface area (Å²) in [6.45, 7) is 2.16. The smallest absolute Gasteiger partial charge is 0.282 e. The largest absolute Gasteiger partial charge is 0.493 e. The molecule has 1 aromatic carbocycles. The number of hydrogen-bond acceptors (Lipinski definition) is 5. The lowest BCUT2D eigenvalue weighted by molar-refractivity contribution is -0.120. The van der Waals surface area contributed by atoms with Crippen LogP contribution in [0, 0.1) is 12.3 Å². The zero-order valence-corrected chi connectivity index (χ0v) is 14.5. The normalized spacial score (nSPS) is 20.7. The molecule has 1 amide bonds. The number of carbonyl (C=O) groups is 1. The van der Waals surface area contributed by atoms with E-state index in [1.807, 2.05) is 19.1 Å². The Labute approximate surface area is 147 Å². The maximum atomic E-state index is 12.1. The number of aromatic hydroxyl groups is 1. The first kappa shape index (κ1) is 16.6. The predicted molar refractivity (Wildman–Crippen MR) is 93.8 cm³/mol. The van der Waals surface area contributed by atoms with Gasteiger partial charge in [-0.05, 0) is 31.5 Å². The minimum absolute atomic E-state index is 0.108. The van der Waals surface area contributed by atoms with Gasteiger partial charge in [-0.1, -0.05) is 21.9 Å². The second-order valence-corrected chi connectivity index (χ2v) is 6.56. The van der Waals surface area contributed by atoms with Crippen LogP contribution in [-0.2, 0) is 11.3 Å². The molecule has 1 aliphatic heterocycles. The Hall–Kier alpha value is -2.21. The Morgan fingerprint density at radius 1 is 1.54 bits per heavy atom. The molecule has 0 spiro atoms. The number of nitrogens with one attached hydrogen (secondary N) is 2. The molecule has 2 unspecified atom stereocenters. The summed E-state index contributed by atoms with van der Waals surface area (Å²) in [5, 5.41) is 18.8. The Kier molecular flexibility index (Phi) is 4.66. The first-order valence-electron chi connectivity index (χ1n) is 7.42. The van der Waals surface area contributed by atoms with E-state index in [-0.39, 0.29) is 30.1 Å². The van der Waals surface area contributed by atoms with Crippen molar-refractivity contribution in [3.05, 3.63) is 22.7 Å². The predicted octanol–water partition coefficient (Wildman–Crippen LogP) is 2.61. The lowest BCUT2D eigenvalue weighted by Crippen LogP contribution is -2.36. The molecule has 1 aliphatic rings. The number of rotatable bonds is 3. The van der Waals surface area contributed by atoms with Gasteiger partial charge in [0.2, 0.25) is 5.88 Å². The average Bonchev–Trinajstić information content (AvgIpc) is 3.09. The fourth-order valence-electron chi connectivity index (χ4n) is 2.69. The summed E-state index contributed by atoms with van der Waals surface area (Å²) in [6, 6.07) is 5.24. The molecule has 3 N–H and O–H groups in total. The molecular weight excluding hydrogens is 374 g/mol. The van der Waals surface area contributed by atoms with Crippen LogP contribution in [0.15, 0.2) is 32.9 Å². The molecule has 7 nitrogen and oxygen atoms in total. The number of terminal acetylenes is 1. The fourth-order valence-corrected chi connectivity index (χ4v) is 3.05. The molecule has 1 fully saturated rings. The molecule has 0 bridgehead atoms. The van der Waals surface area contributed by atoms with Crippen LogP contribution in [0.25, 0.3) is 10.9 Å². The van der Waals surface area contributed by atoms with E-state index < -0.39 is 6.04 Å². The van der Waals surface area contributed by atoms with Crippen molar-refractivity contribution in [1.29, 1.82) is 0 Å². The molecule has 2 aromatic rings. The van der Waals surface area contributed by atoms with Crippen LogP contribution in [0.4, 0.5) is 5.69 Å². The van der Waals surface area contributed by atoms with Crippen molar-refractivity contribution in [2.24, 2.45) is 10.2 Å². The summed E-state index contributed by atoms with van der Waals surface area (Å²) in [5.74, 6) is 2.00. The number of aromatic nitrogens is 1. The number of hydrogen-bond donors (Lipinski definition) is 3. The fraction of sp³-hybridized carbons (Fsp3) is 0.312. The van der Waals surface area contributed by atoms with Gasteiger partial charge >= 0.3 is 0 Å². The van der Waals surface area contributed by atoms with Gasteiger partial charge in [-0.15, -0.1) is 16.7 Å². The first-order chi connectivity index (χ1) is 11.5. The molecule has 2 atom stereocenters. The molecule has 124 valence electrons. The van der Waals surface area contributed by atoms with Gasteiger partial charge in [0.25, 0.3) is 5.91 Å². The van der Waals surface area contributed by atoms with Crippen molar-refractivity contribution in [2.45, 2.75) is 32.0 Å². The van der Waals surface area contributed by atoms with Crippen LogP contribution in [0.2, 0.25) is 0 Å². The molecule has 0 aliphatic carbocycles. The standard InChI is InChI=1S/C16H16BrN5O2/c1-3-6-22-13-5-4-10(17)8-11(13)14(16(22)24)20-21-15(23)12-7-9(2)18-19-12/h1,4-5,8-9,12,18-19,24H,6-7H2,2H3. The van der Waals surface area contributed by atoms with Crippen molar-refractivity contribution < 1.29 is 9.90 Å². The van der Waals surface area contributed by atoms with Crippen LogP contribution in [0.5, 0.6) is 5.88 Å². The van der Waals surface area contributed by atoms with Crippen LogP contribution in [0.3, 0.4) is 0 Å². The zero-order valence-electron chi connectivity index (χ0n) is 13.0. The van der Waals surface area contributed by atoms with Gasteiger partial charge < -0.3 is 5.11 Å². The molecule has 1 aromatic heterocycles. The summed E-state index contributed by atoms with van der Waals surface area (Å²) >= 11 is 3.39. The Morgan fingerprint density at radius 3 is 3.00 bits per heavy atom. The maximum Gasteiger partial charge on any atom is 0.282 e. The minimum Gasteiger partial charge on any atom is -0.493 e. The lowest BCUT2D eigenvalue weighted by atomic mass is 10.1. The van der Waals surface area contributed by atoms with E-state index in [4.69, 9.17) is 6.42 Å². The Morgan fingerprint density at radius 2 is 2.33 bits per heavy atom. The summed E-state index contributed by atoms with van der Waals surface area (Å²) < 4.78 is 2.38. The second-order valence-electron chi connectivity index (χ2n) is 5.64. The molecule has 0 radical (unpaired) electrons. The third-order valence-electron chi connectivity index (χ3n) is 3.86. The van der Waals surface area contributed by atoms with Crippen LogP contribution >= 0.6 is 15.9 Å². The maximum absolute atomic E-state index is 12.1. The third kappa shape index (κ3) is 3.06. The van der Waals surface area contributed by atoms with Crippen molar-refractivity contribution in [1.82, 2.24) is 15.4 Å². The summed E-state index contributed by atoms with van der Waals surface area (Å²) in [6.07, 6.45) is 6.00. The number of amides is 1. The molecular formula is C16H16BrN5O2. The van der Waals surface area contributed by atoms with Gasteiger partial charge in [0.15, 0.2) is 5.69 Å². The second kappa shape index (κ2) is 6.73. The highest BCUT2D eigenvalue weighted by molar-refractivity contribution is 9.10. The van der Waals surface area contributed by atoms with Crippen molar-refractivity contribution in [3.63, 3.8) is 0 Å². The highest BCUT2D eigenvalue weighted by Crippen LogP contribution is 2.40. The van der Waals surface area contributed by atoms with E-state index in [1.165, 1.54) is 0 Å². The SMILES string of the molecule is C#CCn1c(O)c(N=NC(=O)C2CC(C)NN2)c2cc(Br)ccc21. The number of hydrazine groups is 1. The topological polar surface area (TPSA) is 91.0 Å². The van der Waals surface area contributed by atoms with Crippen molar-refractivity contribution in [2.75, 3.05) is 0 Å². The number of benzene rings is 1. The van der Waals surface area contributed by atoms with Gasteiger partial charge in [-0.3, -0.25) is 14.8 Å². The number of nitrogens with zero attached hydrogens (tertiary/aromatic N) is 3. The molecule has 0 saturated carbocycles. The Balaban J connectivity index is 1.98. The summed E-state index contributed by atoms with van der Waals surface area (Å²) in [4.78, 5) is 12.1. The third-order valence-corrected chi connectivity index (χ3v) is 4.35. The highest BCUT2D eigenvalue weighted by atomic mass is 79.9. The Bertz CT molecular complexity index is 867. The average molecular weight is 390 g/mol. The van der Waals surface area contributed by atoms with E-state index in [9.17, 15) is 9.90 Å². The first-order valence-corrected chi connectivity index (χ1v) is 8.21.